The summed E-state index contributed by atoms with van der Waals surface area (Å²) in [5.74, 6) is 1.93. The minimum atomic E-state index is 0.919. The molecular weight excluding hydrogens is 826 g/mol. The molecule has 49 heavy (non-hydrogen) atoms. The lowest BCUT2D eigenvalue weighted by molar-refractivity contribution is 0.962. The number of hydrogen-bond acceptors (Lipinski definition) is 2. The summed E-state index contributed by atoms with van der Waals surface area (Å²) in [4.78, 5) is 13.6. The van der Waals surface area contributed by atoms with Crippen molar-refractivity contribution >= 4 is 110 Å². The molecule has 10 aromatic rings. The summed E-state index contributed by atoms with van der Waals surface area (Å²) in [6.45, 7) is 0. The molecule has 8 aromatic carbocycles. The van der Waals surface area contributed by atoms with Crippen LogP contribution >= 0.6 is 45.2 Å². The van der Waals surface area contributed by atoms with Gasteiger partial charge in [0.15, 0.2) is 0 Å². The van der Waals surface area contributed by atoms with Crippen molar-refractivity contribution in [2.24, 2.45) is 7.05 Å². The molecule has 0 saturated carbocycles. The zero-order valence-corrected chi connectivity index (χ0v) is 30.8. The lowest BCUT2D eigenvalue weighted by Gasteiger charge is -2.08. The minimum absolute atomic E-state index is 0.919. The van der Waals surface area contributed by atoms with Crippen molar-refractivity contribution < 1.29 is 0 Å². The van der Waals surface area contributed by atoms with Crippen molar-refractivity contribution in [3.05, 3.63) is 153 Å². The van der Waals surface area contributed by atoms with Gasteiger partial charge in [-0.25, -0.2) is 9.97 Å². The van der Waals surface area contributed by atoms with Gasteiger partial charge in [-0.3, -0.25) is 0 Å². The number of imidazole rings is 2. The van der Waals surface area contributed by atoms with Crippen LogP contribution in [0.1, 0.15) is 0 Å². The van der Waals surface area contributed by atoms with Gasteiger partial charge in [0.1, 0.15) is 11.6 Å². The number of H-pyrrole nitrogens is 1. The first-order chi connectivity index (χ1) is 24.0. The SMILES string of the molecule is Cn1c(-c2ccccc2)nc2c3cc(I)ccc3c3ccccc3c21.Ic1ccc2c3ccccc3c3[nH]c(-c4ccccc4)nc3c2c1. The number of fused-ring (bicyclic) bond motifs is 12. The molecule has 234 valence electrons. The van der Waals surface area contributed by atoms with E-state index in [1.165, 1.54) is 55.7 Å². The molecule has 4 nitrogen and oxygen atoms in total. The molecule has 6 heteroatoms. The second-order valence-corrected chi connectivity index (χ2v) is 14.7. The van der Waals surface area contributed by atoms with Gasteiger partial charge in [-0.1, -0.05) is 121 Å². The van der Waals surface area contributed by atoms with Crippen LogP contribution in [0, 0.1) is 7.14 Å². The molecular formula is C43H28I2N4. The quantitative estimate of drug-likeness (QED) is 0.139. The van der Waals surface area contributed by atoms with E-state index >= 15 is 0 Å². The molecule has 1 N–H and O–H groups in total. The number of hydrogen-bond donors (Lipinski definition) is 1. The minimum Gasteiger partial charge on any atom is -0.337 e. The van der Waals surface area contributed by atoms with Gasteiger partial charge < -0.3 is 9.55 Å². The van der Waals surface area contributed by atoms with Crippen LogP contribution in [-0.2, 0) is 7.05 Å². The zero-order chi connectivity index (χ0) is 33.1. The molecule has 0 unspecified atom stereocenters. The lowest BCUT2D eigenvalue weighted by Crippen LogP contribution is -1.93. The molecule has 2 heterocycles. The van der Waals surface area contributed by atoms with E-state index in [0.717, 1.165) is 39.3 Å². The molecule has 0 amide bonds. The molecule has 0 fully saturated rings. The average molecular weight is 855 g/mol. The second kappa shape index (κ2) is 12.3. The summed E-state index contributed by atoms with van der Waals surface area (Å²) in [7, 11) is 2.11. The maximum absolute atomic E-state index is 5.06. The Balaban J connectivity index is 0.000000133. The number of aromatic amines is 1. The van der Waals surface area contributed by atoms with Gasteiger partial charge in [0, 0.05) is 46.9 Å². The summed E-state index contributed by atoms with van der Waals surface area (Å²) in [5.41, 5.74) is 6.68. The number of rotatable bonds is 2. The van der Waals surface area contributed by atoms with Crippen LogP contribution in [0.4, 0.5) is 0 Å². The Hall–Kier alpha value is -4.80. The number of nitrogens with zero attached hydrogens (tertiary/aromatic N) is 3. The first-order valence-electron chi connectivity index (χ1n) is 16.1. The Morgan fingerprint density at radius 3 is 1.59 bits per heavy atom. The van der Waals surface area contributed by atoms with Gasteiger partial charge in [-0.15, -0.1) is 0 Å². The fourth-order valence-electron chi connectivity index (χ4n) is 7.09. The van der Waals surface area contributed by atoms with Crippen LogP contribution in [0.15, 0.2) is 146 Å². The van der Waals surface area contributed by atoms with Gasteiger partial charge in [0.2, 0.25) is 0 Å². The number of aromatic nitrogens is 4. The van der Waals surface area contributed by atoms with E-state index in [9.17, 15) is 0 Å². The predicted molar refractivity (Wildman–Crippen MR) is 223 cm³/mol. The molecule has 0 aliphatic carbocycles. The molecule has 0 bridgehead atoms. The fourth-order valence-corrected chi connectivity index (χ4v) is 8.07. The third-order valence-corrected chi connectivity index (χ3v) is 10.7. The Morgan fingerprint density at radius 2 is 0.959 bits per heavy atom. The van der Waals surface area contributed by atoms with Crippen LogP contribution < -0.4 is 0 Å². The topological polar surface area (TPSA) is 46.5 Å². The van der Waals surface area contributed by atoms with Crippen LogP contribution in [0.5, 0.6) is 0 Å². The smallest absolute Gasteiger partial charge is 0.140 e. The summed E-state index contributed by atoms with van der Waals surface area (Å²) >= 11 is 4.74. The zero-order valence-electron chi connectivity index (χ0n) is 26.5. The van der Waals surface area contributed by atoms with Crippen molar-refractivity contribution in [3.8, 4) is 22.8 Å². The van der Waals surface area contributed by atoms with Crippen molar-refractivity contribution in [2.75, 3.05) is 0 Å². The van der Waals surface area contributed by atoms with Crippen molar-refractivity contribution in [2.45, 2.75) is 0 Å². The Morgan fingerprint density at radius 1 is 0.469 bits per heavy atom. The highest BCUT2D eigenvalue weighted by Crippen LogP contribution is 2.38. The van der Waals surface area contributed by atoms with Crippen LogP contribution in [0.2, 0.25) is 0 Å². The largest absolute Gasteiger partial charge is 0.337 e. The van der Waals surface area contributed by atoms with Gasteiger partial charge in [0.05, 0.1) is 22.1 Å². The Labute approximate surface area is 310 Å². The van der Waals surface area contributed by atoms with Crippen LogP contribution in [0.25, 0.3) is 87.9 Å². The highest BCUT2D eigenvalue weighted by Gasteiger charge is 2.17. The van der Waals surface area contributed by atoms with E-state index in [-0.39, 0.29) is 0 Å². The average Bonchev–Trinajstić information content (AvgIpc) is 3.76. The van der Waals surface area contributed by atoms with Gasteiger partial charge >= 0.3 is 0 Å². The highest BCUT2D eigenvalue weighted by molar-refractivity contribution is 14.1. The number of benzene rings is 8. The maximum atomic E-state index is 5.06. The monoisotopic (exact) mass is 854 g/mol. The molecule has 0 radical (unpaired) electrons. The van der Waals surface area contributed by atoms with E-state index in [4.69, 9.17) is 9.97 Å². The number of aryl methyl sites for hydroxylation is 1. The third-order valence-electron chi connectivity index (χ3n) is 9.31. The fraction of sp³-hybridized carbons (Fsp3) is 0.0233. The van der Waals surface area contributed by atoms with E-state index < -0.39 is 0 Å². The lowest BCUT2D eigenvalue weighted by atomic mass is 10.00. The maximum Gasteiger partial charge on any atom is 0.140 e. The van der Waals surface area contributed by atoms with Crippen molar-refractivity contribution in [1.82, 2.24) is 19.5 Å². The summed E-state index contributed by atoms with van der Waals surface area (Å²) in [5, 5.41) is 9.96. The second-order valence-electron chi connectivity index (χ2n) is 12.2. The molecule has 0 spiro atoms. The summed E-state index contributed by atoms with van der Waals surface area (Å²) in [6.07, 6.45) is 0. The van der Waals surface area contributed by atoms with Gasteiger partial charge in [0.25, 0.3) is 0 Å². The van der Waals surface area contributed by atoms with Gasteiger partial charge in [-0.05, 0) is 91.0 Å². The van der Waals surface area contributed by atoms with Crippen molar-refractivity contribution in [3.63, 3.8) is 0 Å². The van der Waals surface area contributed by atoms with Gasteiger partial charge in [-0.2, -0.15) is 0 Å². The highest BCUT2D eigenvalue weighted by atomic mass is 127. The van der Waals surface area contributed by atoms with E-state index in [2.05, 4.69) is 183 Å². The molecule has 0 atom stereocenters. The van der Waals surface area contributed by atoms with E-state index in [1.807, 2.05) is 24.3 Å². The normalized spacial score (nSPS) is 11.6. The Bertz CT molecular complexity index is 2860. The predicted octanol–water partition coefficient (Wildman–Crippen LogP) is 12.3. The van der Waals surface area contributed by atoms with Crippen LogP contribution in [-0.4, -0.2) is 19.5 Å². The number of halogens is 2. The molecule has 0 aliphatic rings. The van der Waals surface area contributed by atoms with E-state index in [0.29, 0.717) is 0 Å². The van der Waals surface area contributed by atoms with Crippen LogP contribution in [0.3, 0.4) is 0 Å². The van der Waals surface area contributed by atoms with E-state index in [1.54, 1.807) is 0 Å². The molecule has 10 rings (SSSR count). The first-order valence-corrected chi connectivity index (χ1v) is 18.3. The van der Waals surface area contributed by atoms with Crippen molar-refractivity contribution in [1.29, 1.82) is 0 Å². The molecule has 0 saturated heterocycles. The Kier molecular flexibility index (Phi) is 7.58. The standard InChI is InChI=1S/C22H15IN2.C21H13IN2/c1-25-21-18-10-6-5-9-16(18)17-12-11-15(23)13-19(17)20(21)24-22(25)14-7-3-2-4-8-14;22-14-10-11-16-15-8-4-5-9-17(15)19-20(18(16)12-14)24-21(23-19)13-6-2-1-3-7-13/h2-13H,1H3;1-12H,(H,23,24). The molecule has 2 aromatic heterocycles. The summed E-state index contributed by atoms with van der Waals surface area (Å²) < 4.78 is 4.68. The summed E-state index contributed by atoms with van der Waals surface area (Å²) in [6, 6.07) is 51.1. The molecule has 0 aliphatic heterocycles. The number of nitrogens with one attached hydrogen (secondary N) is 1. The first kappa shape index (κ1) is 30.3. The third kappa shape index (κ3) is 5.16.